The number of carbonyl (C=O) groups is 1. The molecule has 1 aromatic carbocycles. The first-order chi connectivity index (χ1) is 6.02. The lowest BCUT2D eigenvalue weighted by atomic mass is 10.1. The Morgan fingerprint density at radius 2 is 2.00 bits per heavy atom. The zero-order chi connectivity index (χ0) is 10.0. The fourth-order valence-electron chi connectivity index (χ4n) is 0.896. The molecule has 0 radical (unpaired) electrons. The van der Waals surface area contributed by atoms with Crippen molar-refractivity contribution < 1.29 is 20.1 Å². The Balaban J connectivity index is 3.08. The second-order valence-electron chi connectivity index (χ2n) is 2.48. The SMILES string of the molecule is O=C(O)C(S)c1ccc(O)cc1O. The molecule has 0 saturated carbocycles. The first-order valence-corrected chi connectivity index (χ1v) is 3.96. The van der Waals surface area contributed by atoms with E-state index in [1.807, 2.05) is 0 Å². The van der Waals surface area contributed by atoms with Crippen LogP contribution in [0.15, 0.2) is 18.2 Å². The van der Waals surface area contributed by atoms with Gasteiger partial charge in [-0.1, -0.05) is 0 Å². The fourth-order valence-corrected chi connectivity index (χ4v) is 1.11. The minimum absolute atomic E-state index is 0.118. The van der Waals surface area contributed by atoms with Crippen LogP contribution < -0.4 is 0 Å². The Labute approximate surface area is 79.9 Å². The van der Waals surface area contributed by atoms with Crippen LogP contribution in [0.25, 0.3) is 0 Å². The lowest BCUT2D eigenvalue weighted by Gasteiger charge is -2.07. The number of rotatable bonds is 2. The summed E-state index contributed by atoms with van der Waals surface area (Å²) in [4.78, 5) is 10.5. The zero-order valence-electron chi connectivity index (χ0n) is 6.51. The third-order valence-corrected chi connectivity index (χ3v) is 2.04. The average Bonchev–Trinajstić information content (AvgIpc) is 2.03. The molecule has 70 valence electrons. The van der Waals surface area contributed by atoms with Crippen molar-refractivity contribution in [2.45, 2.75) is 5.25 Å². The summed E-state index contributed by atoms with van der Waals surface area (Å²) < 4.78 is 0. The highest BCUT2D eigenvalue weighted by Crippen LogP contribution is 2.31. The number of phenols is 2. The van der Waals surface area contributed by atoms with E-state index in [-0.39, 0.29) is 17.1 Å². The van der Waals surface area contributed by atoms with E-state index in [9.17, 15) is 9.90 Å². The molecule has 0 heterocycles. The molecule has 1 atom stereocenters. The molecular weight excluding hydrogens is 192 g/mol. The zero-order valence-corrected chi connectivity index (χ0v) is 7.40. The second kappa shape index (κ2) is 3.57. The topological polar surface area (TPSA) is 77.8 Å². The molecule has 0 aromatic heterocycles. The summed E-state index contributed by atoms with van der Waals surface area (Å²) in [5, 5.41) is 25.7. The van der Waals surface area contributed by atoms with Gasteiger partial charge in [0, 0.05) is 11.6 Å². The number of hydrogen-bond donors (Lipinski definition) is 4. The highest BCUT2D eigenvalue weighted by Gasteiger charge is 2.18. The summed E-state index contributed by atoms with van der Waals surface area (Å²) in [7, 11) is 0. The quantitative estimate of drug-likeness (QED) is 0.540. The van der Waals surface area contributed by atoms with Crippen molar-refractivity contribution in [2.75, 3.05) is 0 Å². The second-order valence-corrected chi connectivity index (χ2v) is 3.00. The molecule has 1 rings (SSSR count). The van der Waals surface area contributed by atoms with Crippen LogP contribution in [-0.4, -0.2) is 21.3 Å². The van der Waals surface area contributed by atoms with Crippen molar-refractivity contribution in [3.8, 4) is 11.5 Å². The van der Waals surface area contributed by atoms with E-state index in [1.54, 1.807) is 0 Å². The summed E-state index contributed by atoms with van der Waals surface area (Å²) in [5.74, 6) is -1.54. The summed E-state index contributed by atoms with van der Waals surface area (Å²) in [6, 6.07) is 3.68. The van der Waals surface area contributed by atoms with Crippen LogP contribution in [0.5, 0.6) is 11.5 Å². The molecule has 0 bridgehead atoms. The van der Waals surface area contributed by atoms with Crippen LogP contribution >= 0.6 is 12.6 Å². The highest BCUT2D eigenvalue weighted by molar-refractivity contribution is 7.81. The fraction of sp³-hybridized carbons (Fsp3) is 0.125. The van der Waals surface area contributed by atoms with Gasteiger partial charge < -0.3 is 15.3 Å². The standard InChI is InChI=1S/C8H8O4S/c9-4-1-2-5(6(10)3-4)7(13)8(11)12/h1-3,7,9-10,13H,(H,11,12). The molecule has 0 spiro atoms. The van der Waals surface area contributed by atoms with Crippen molar-refractivity contribution in [1.29, 1.82) is 0 Å². The lowest BCUT2D eigenvalue weighted by molar-refractivity contribution is -0.136. The van der Waals surface area contributed by atoms with Crippen LogP contribution in [0, 0.1) is 0 Å². The Kier molecular flexibility index (Phi) is 2.67. The van der Waals surface area contributed by atoms with E-state index in [1.165, 1.54) is 12.1 Å². The molecular formula is C8H8O4S. The molecule has 0 aliphatic heterocycles. The highest BCUT2D eigenvalue weighted by atomic mass is 32.1. The molecule has 0 aliphatic rings. The van der Waals surface area contributed by atoms with E-state index < -0.39 is 11.2 Å². The first kappa shape index (κ1) is 9.73. The molecule has 1 aromatic rings. The molecule has 0 amide bonds. The van der Waals surface area contributed by atoms with E-state index in [2.05, 4.69) is 12.6 Å². The smallest absolute Gasteiger partial charge is 0.321 e. The van der Waals surface area contributed by atoms with E-state index in [0.717, 1.165) is 6.07 Å². The Morgan fingerprint density at radius 1 is 1.38 bits per heavy atom. The minimum Gasteiger partial charge on any atom is -0.508 e. The van der Waals surface area contributed by atoms with Gasteiger partial charge in [-0.05, 0) is 12.1 Å². The summed E-state index contributed by atoms with van der Waals surface area (Å²) >= 11 is 3.78. The summed E-state index contributed by atoms with van der Waals surface area (Å²) in [6.07, 6.45) is 0. The maximum absolute atomic E-state index is 10.5. The number of carboxylic acid groups (broad SMARTS) is 1. The molecule has 0 aliphatic carbocycles. The number of aromatic hydroxyl groups is 2. The van der Waals surface area contributed by atoms with E-state index >= 15 is 0 Å². The molecule has 5 heteroatoms. The van der Waals surface area contributed by atoms with Gasteiger partial charge in [0.05, 0.1) is 0 Å². The predicted octanol–water partition coefficient (Wildman–Crippen LogP) is 1.15. The monoisotopic (exact) mass is 200 g/mol. The lowest BCUT2D eigenvalue weighted by Crippen LogP contribution is -2.04. The van der Waals surface area contributed by atoms with Crippen molar-refractivity contribution in [1.82, 2.24) is 0 Å². The van der Waals surface area contributed by atoms with E-state index in [0.29, 0.717) is 0 Å². The van der Waals surface area contributed by atoms with E-state index in [4.69, 9.17) is 10.2 Å². The number of hydrogen-bond acceptors (Lipinski definition) is 4. The van der Waals surface area contributed by atoms with Gasteiger partial charge in [0.2, 0.25) is 0 Å². The van der Waals surface area contributed by atoms with Crippen molar-refractivity contribution in [3.63, 3.8) is 0 Å². The van der Waals surface area contributed by atoms with Gasteiger partial charge in [0.15, 0.2) is 0 Å². The first-order valence-electron chi connectivity index (χ1n) is 3.45. The molecule has 0 fully saturated rings. The number of carboxylic acids is 1. The van der Waals surface area contributed by atoms with Gasteiger partial charge in [-0.3, -0.25) is 4.79 Å². The van der Waals surface area contributed by atoms with Gasteiger partial charge >= 0.3 is 5.97 Å². The predicted molar refractivity (Wildman–Crippen MR) is 49.1 cm³/mol. The van der Waals surface area contributed by atoms with Crippen LogP contribution in [-0.2, 0) is 4.79 Å². The van der Waals surface area contributed by atoms with Crippen LogP contribution in [0.2, 0.25) is 0 Å². The summed E-state index contributed by atoms with van der Waals surface area (Å²) in [5.41, 5.74) is 0.161. The Morgan fingerprint density at radius 3 is 2.46 bits per heavy atom. The molecule has 1 unspecified atom stereocenters. The van der Waals surface area contributed by atoms with Gasteiger partial charge in [0.25, 0.3) is 0 Å². The van der Waals surface area contributed by atoms with Crippen molar-refractivity contribution in [3.05, 3.63) is 23.8 Å². The number of thiol groups is 1. The van der Waals surface area contributed by atoms with Gasteiger partial charge in [-0.25, -0.2) is 0 Å². The number of benzene rings is 1. The molecule has 13 heavy (non-hydrogen) atoms. The maximum Gasteiger partial charge on any atom is 0.321 e. The maximum atomic E-state index is 10.5. The Hall–Kier alpha value is -1.36. The summed E-state index contributed by atoms with van der Waals surface area (Å²) in [6.45, 7) is 0. The van der Waals surface area contributed by atoms with Crippen LogP contribution in [0.1, 0.15) is 10.8 Å². The largest absolute Gasteiger partial charge is 0.508 e. The molecule has 0 saturated heterocycles. The van der Waals surface area contributed by atoms with Crippen molar-refractivity contribution >= 4 is 18.6 Å². The third kappa shape index (κ3) is 2.06. The number of aliphatic carboxylic acids is 1. The molecule has 3 N–H and O–H groups in total. The van der Waals surface area contributed by atoms with Gasteiger partial charge in [-0.15, -0.1) is 0 Å². The number of phenolic OH excluding ortho intramolecular Hbond substituents is 2. The third-order valence-electron chi connectivity index (χ3n) is 1.54. The minimum atomic E-state index is -1.15. The van der Waals surface area contributed by atoms with Crippen LogP contribution in [0.3, 0.4) is 0 Å². The van der Waals surface area contributed by atoms with Crippen molar-refractivity contribution in [2.24, 2.45) is 0 Å². The Bertz CT molecular complexity index is 337. The van der Waals surface area contributed by atoms with Crippen LogP contribution in [0.4, 0.5) is 0 Å². The van der Waals surface area contributed by atoms with Gasteiger partial charge in [-0.2, -0.15) is 12.6 Å². The van der Waals surface area contributed by atoms with Gasteiger partial charge in [0.1, 0.15) is 16.7 Å². The molecule has 4 nitrogen and oxygen atoms in total. The normalized spacial score (nSPS) is 12.4. The average molecular weight is 200 g/mol.